The van der Waals surface area contributed by atoms with Crippen molar-refractivity contribution in [3.8, 4) is 0 Å². The Labute approximate surface area is 32.8 Å². The van der Waals surface area contributed by atoms with E-state index in [1.54, 1.807) is 7.11 Å². The van der Waals surface area contributed by atoms with Gasteiger partial charge in [0.2, 0.25) is 0 Å². The van der Waals surface area contributed by atoms with Gasteiger partial charge in [-0.1, -0.05) is 0 Å². The van der Waals surface area contributed by atoms with Gasteiger partial charge in [0.1, 0.15) is 0 Å². The maximum Gasteiger partial charge on any atom is 0.593 e. The van der Waals surface area contributed by atoms with Gasteiger partial charge < -0.3 is 3.75 Å². The lowest BCUT2D eigenvalue weighted by molar-refractivity contribution is 0.309. The molecule has 0 fully saturated rings. The van der Waals surface area contributed by atoms with E-state index in [1.165, 1.54) is 0 Å². The van der Waals surface area contributed by atoms with Gasteiger partial charge in [0.25, 0.3) is 0 Å². The number of rotatable bonds is 0. The lowest BCUT2D eigenvalue weighted by Crippen LogP contribution is -1.93. The predicted octanol–water partition coefficient (Wildman–Crippen LogP) is -0.665. The molecule has 4 heavy (non-hydrogen) atoms. The molecule has 0 saturated heterocycles. The second kappa shape index (κ2) is 1.69. The summed E-state index contributed by atoms with van der Waals surface area (Å²) in [6, 6.07) is 0. The molecule has 0 aromatic rings. The van der Waals surface area contributed by atoms with Crippen LogP contribution >= 0.6 is 0 Å². The highest BCUT2D eigenvalue weighted by Gasteiger charge is 1.74. The van der Waals surface area contributed by atoms with Crippen molar-refractivity contribution in [2.75, 3.05) is 7.11 Å². The van der Waals surface area contributed by atoms with E-state index in [4.69, 9.17) is 0 Å². The highest BCUT2D eigenvalue weighted by atomic mass is 28.3. The minimum atomic E-state index is 1.74. The molecule has 6 radical (unpaired) electrons. The molecule has 0 aromatic heterocycles. The monoisotopic (exact) mass is 87.0 g/mol. The van der Waals surface area contributed by atoms with E-state index in [0.29, 0.717) is 0 Å². The van der Waals surface area contributed by atoms with Crippen LogP contribution in [0.2, 0.25) is 0 Å². The van der Waals surface area contributed by atoms with E-state index in [2.05, 4.69) is 24.7 Å². The van der Waals surface area contributed by atoms with Crippen LogP contribution in [-0.4, -0.2) is 28.1 Å². The van der Waals surface area contributed by atoms with Crippen molar-refractivity contribution in [2.45, 2.75) is 0 Å². The van der Waals surface area contributed by atoms with E-state index >= 15 is 0 Å². The van der Waals surface area contributed by atoms with Gasteiger partial charge in [-0.2, -0.15) is 0 Å². The minimum absolute atomic E-state index is 1.74. The first-order chi connectivity index (χ1) is 1.73. The average Bonchev–Trinajstić information content (AvgIpc) is 0.811. The summed E-state index contributed by atoms with van der Waals surface area (Å²) < 4.78 is 2.19. The molecule has 20 valence electrons. The largest absolute Gasteiger partial charge is 0.606 e. The normalized spacial score (nSPS) is 9.00. The van der Waals surface area contributed by atoms with Crippen LogP contribution in [0.5, 0.6) is 0 Å². The highest BCUT2D eigenvalue weighted by Crippen LogP contribution is 1.54. The summed E-state index contributed by atoms with van der Waals surface area (Å²) in [5.74, 6) is 0. The minimum Gasteiger partial charge on any atom is -0.606 e. The molecule has 3 heteroatoms. The van der Waals surface area contributed by atoms with Gasteiger partial charge in [-0.05, 0) is 0 Å². The summed E-state index contributed by atoms with van der Waals surface area (Å²) in [6.45, 7) is 0. The van der Waals surface area contributed by atoms with Crippen LogP contribution in [0.25, 0.3) is 0 Å². The van der Waals surface area contributed by atoms with Crippen LogP contribution < -0.4 is 0 Å². The van der Waals surface area contributed by atoms with Crippen molar-refractivity contribution < 1.29 is 3.75 Å². The van der Waals surface area contributed by atoms with E-state index in [1.807, 2.05) is 0 Å². The standard InChI is InChI=1S/CH3OSi2/c1-2(3)4/h1H3/q+1. The van der Waals surface area contributed by atoms with Crippen molar-refractivity contribution in [2.24, 2.45) is 0 Å². The van der Waals surface area contributed by atoms with Crippen LogP contribution in [0.3, 0.4) is 0 Å². The van der Waals surface area contributed by atoms with Gasteiger partial charge in [-0.25, -0.2) is 0 Å². The summed E-state index contributed by atoms with van der Waals surface area (Å²) in [4.78, 5) is 0. The molecule has 0 atom stereocenters. The number of hydrogen-bond acceptors (Lipinski definition) is 0. The Balaban J connectivity index is 2.32. The summed E-state index contributed by atoms with van der Waals surface area (Å²) in [6.07, 6.45) is 0. The fourth-order valence-electron chi connectivity index (χ4n) is 0. The molecule has 0 rings (SSSR count). The van der Waals surface area contributed by atoms with Crippen LogP contribution in [0.15, 0.2) is 0 Å². The lowest BCUT2D eigenvalue weighted by atomic mass is 11.8. The number of hydrogen-bond donors (Lipinski definition) is 0. The van der Waals surface area contributed by atoms with E-state index in [-0.39, 0.29) is 0 Å². The third-order valence-electron chi connectivity index (χ3n) is 0. The van der Waals surface area contributed by atoms with Crippen molar-refractivity contribution in [1.29, 1.82) is 0 Å². The van der Waals surface area contributed by atoms with Gasteiger partial charge >= 0.3 is 21.0 Å². The molecule has 0 aliphatic carbocycles. The fourth-order valence-corrected chi connectivity index (χ4v) is 0. The zero-order valence-electron chi connectivity index (χ0n) is 2.41. The first kappa shape index (κ1) is 4.39. The summed E-state index contributed by atoms with van der Waals surface area (Å²) in [7, 11) is 7.69. The van der Waals surface area contributed by atoms with Crippen molar-refractivity contribution in [3.05, 3.63) is 0 Å². The summed E-state index contributed by atoms with van der Waals surface area (Å²) in [5.41, 5.74) is 0. The average molecular weight is 87.2 g/mol. The second-order valence-electron chi connectivity index (χ2n) is 0.510. The lowest BCUT2D eigenvalue weighted by Gasteiger charge is -1.91. The third kappa shape index (κ3) is 30.0. The van der Waals surface area contributed by atoms with E-state index < -0.39 is 0 Å². The zero-order chi connectivity index (χ0) is 3.58. The molecule has 0 aromatic carbocycles. The molecule has 0 heterocycles. The van der Waals surface area contributed by atoms with E-state index in [9.17, 15) is 0 Å². The van der Waals surface area contributed by atoms with Gasteiger partial charge in [0.15, 0.2) is 0 Å². The van der Waals surface area contributed by atoms with Crippen LogP contribution in [-0.2, 0) is 3.75 Å². The van der Waals surface area contributed by atoms with Crippen molar-refractivity contribution >= 4 is 21.0 Å². The Hall–Kier alpha value is 0.394. The van der Waals surface area contributed by atoms with Crippen LogP contribution in [0.4, 0.5) is 0 Å². The molecule has 0 aliphatic heterocycles. The molecular formula is CH3OSi2+. The van der Waals surface area contributed by atoms with Crippen LogP contribution in [0, 0.1) is 0 Å². The maximum absolute atomic E-state index is 2.98. The molecular weight excluding hydrogens is 84.2 g/mol. The van der Waals surface area contributed by atoms with Crippen molar-refractivity contribution in [1.82, 2.24) is 0 Å². The maximum atomic E-state index is 2.98. The first-order valence-electron chi connectivity index (χ1n) is 0.816. The van der Waals surface area contributed by atoms with Gasteiger partial charge in [0, 0.05) is 0 Å². The van der Waals surface area contributed by atoms with Gasteiger partial charge in [0.05, 0.1) is 7.11 Å². The Morgan fingerprint density at radius 3 is 1.50 bits per heavy atom. The highest BCUT2D eigenvalue weighted by molar-refractivity contribution is 6.17. The predicted molar refractivity (Wildman–Crippen MR) is 18.5 cm³/mol. The molecule has 0 N–H and O–H groups in total. The molecule has 0 spiro atoms. The van der Waals surface area contributed by atoms with Gasteiger partial charge in [-0.3, -0.25) is 0 Å². The Morgan fingerprint density at radius 2 is 1.50 bits per heavy atom. The van der Waals surface area contributed by atoms with Gasteiger partial charge in [-0.15, -0.1) is 0 Å². The summed E-state index contributed by atoms with van der Waals surface area (Å²) in [5, 5.41) is 0. The third-order valence-corrected chi connectivity index (χ3v) is 0. The zero-order valence-corrected chi connectivity index (χ0v) is 4.41. The Kier molecular flexibility index (Phi) is 1.85. The quantitative estimate of drug-likeness (QED) is 0.272. The fraction of sp³-hybridized carbons (Fsp3) is 1.00. The SMILES string of the molecule is C[O+]([Si])[Si]. The van der Waals surface area contributed by atoms with E-state index in [0.717, 1.165) is 0 Å². The summed E-state index contributed by atoms with van der Waals surface area (Å²) >= 11 is 0. The molecule has 0 aliphatic rings. The smallest absolute Gasteiger partial charge is 0.593 e. The first-order valence-corrected chi connectivity index (χ1v) is 1.63. The second-order valence-corrected chi connectivity index (χ2v) is 2.14. The van der Waals surface area contributed by atoms with Crippen LogP contribution in [0.1, 0.15) is 0 Å². The van der Waals surface area contributed by atoms with Crippen molar-refractivity contribution in [3.63, 3.8) is 0 Å². The Morgan fingerprint density at radius 1 is 1.50 bits per heavy atom. The molecule has 1 nitrogen and oxygen atoms in total. The molecule has 0 amide bonds. The topological polar surface area (TPSA) is 2.70 Å². The Bertz CT molecular complexity index is 10.8. The molecule has 0 bridgehead atoms. The molecule has 0 unspecified atom stereocenters. The molecule has 0 saturated carbocycles.